The van der Waals surface area contributed by atoms with Gasteiger partial charge in [-0.15, -0.1) is 0 Å². The molecule has 1 atom stereocenters. The van der Waals surface area contributed by atoms with Crippen LogP contribution in [-0.4, -0.2) is 55.5 Å². The Labute approximate surface area is 126 Å². The number of para-hydroxylation sites is 1. The topological polar surface area (TPSA) is 59.4 Å². The molecule has 2 rings (SSSR count). The molecule has 5 nitrogen and oxygen atoms in total. The Morgan fingerprint density at radius 1 is 1.52 bits per heavy atom. The number of nitrogens with zero attached hydrogens (tertiary/aromatic N) is 3. The lowest BCUT2D eigenvalue weighted by Gasteiger charge is -2.25. The zero-order valence-corrected chi connectivity index (χ0v) is 12.7. The minimum absolute atomic E-state index is 0.0825. The molecule has 1 unspecified atom stereocenters. The molecule has 1 N–H and O–H groups in total. The molecule has 0 bridgehead atoms. The van der Waals surface area contributed by atoms with Gasteiger partial charge in [-0.05, 0) is 45.6 Å². The quantitative estimate of drug-likeness (QED) is 0.891. The Bertz CT molecular complexity index is 537. The van der Waals surface area contributed by atoms with E-state index in [1.807, 2.05) is 18.0 Å². The zero-order chi connectivity index (χ0) is 15.2. The van der Waals surface area contributed by atoms with Gasteiger partial charge in [0.05, 0.1) is 17.8 Å². The second-order valence-electron chi connectivity index (χ2n) is 5.68. The van der Waals surface area contributed by atoms with Crippen LogP contribution < -0.4 is 5.32 Å². The third-order valence-electron chi connectivity index (χ3n) is 3.93. The molecule has 112 valence electrons. The SMILES string of the molecule is CN(CC(=O)Nc1ccccc1C#N)CC1CCCN1C. The standard InChI is InChI=1S/C16H22N4O/c1-19(11-14-7-5-9-20(14)2)12-16(21)18-15-8-4-3-6-13(15)10-17/h3-4,6,8,14H,5,7,9,11-12H2,1-2H3,(H,18,21). The molecule has 1 aliphatic rings. The summed E-state index contributed by atoms with van der Waals surface area (Å²) in [7, 11) is 4.09. The number of hydrogen-bond acceptors (Lipinski definition) is 4. The maximum atomic E-state index is 12.1. The van der Waals surface area contributed by atoms with E-state index in [0.717, 1.165) is 13.1 Å². The van der Waals surface area contributed by atoms with Crippen LogP contribution >= 0.6 is 0 Å². The normalized spacial score (nSPS) is 18.7. The molecular weight excluding hydrogens is 264 g/mol. The molecule has 0 saturated carbocycles. The predicted molar refractivity (Wildman–Crippen MR) is 82.9 cm³/mol. The van der Waals surface area contributed by atoms with E-state index >= 15 is 0 Å². The lowest BCUT2D eigenvalue weighted by molar-refractivity contribution is -0.117. The van der Waals surface area contributed by atoms with E-state index in [2.05, 4.69) is 23.3 Å². The summed E-state index contributed by atoms with van der Waals surface area (Å²) < 4.78 is 0. The van der Waals surface area contributed by atoms with Crippen LogP contribution in [0, 0.1) is 11.3 Å². The number of rotatable bonds is 5. The van der Waals surface area contributed by atoms with E-state index < -0.39 is 0 Å². The first kappa shape index (κ1) is 15.5. The highest BCUT2D eigenvalue weighted by molar-refractivity contribution is 5.93. The van der Waals surface area contributed by atoms with Crippen LogP contribution in [0.15, 0.2) is 24.3 Å². The van der Waals surface area contributed by atoms with Crippen LogP contribution in [0.3, 0.4) is 0 Å². The van der Waals surface area contributed by atoms with Gasteiger partial charge in [-0.2, -0.15) is 5.26 Å². The van der Waals surface area contributed by atoms with Gasteiger partial charge in [0.2, 0.25) is 5.91 Å². The van der Waals surface area contributed by atoms with Gasteiger partial charge < -0.3 is 10.2 Å². The average Bonchev–Trinajstić information content (AvgIpc) is 2.84. The molecule has 1 amide bonds. The number of benzene rings is 1. The van der Waals surface area contributed by atoms with Crippen LogP contribution in [0.2, 0.25) is 0 Å². The van der Waals surface area contributed by atoms with Crippen molar-refractivity contribution in [1.82, 2.24) is 9.80 Å². The Morgan fingerprint density at radius 2 is 2.29 bits per heavy atom. The van der Waals surface area contributed by atoms with Crippen molar-refractivity contribution in [1.29, 1.82) is 5.26 Å². The minimum atomic E-state index is -0.0825. The first-order valence-corrected chi connectivity index (χ1v) is 7.28. The maximum Gasteiger partial charge on any atom is 0.238 e. The Hall–Kier alpha value is -1.90. The minimum Gasteiger partial charge on any atom is -0.324 e. The lowest BCUT2D eigenvalue weighted by Crippen LogP contribution is -2.40. The number of anilines is 1. The monoisotopic (exact) mass is 286 g/mol. The maximum absolute atomic E-state index is 12.1. The van der Waals surface area contributed by atoms with Gasteiger partial charge in [0, 0.05) is 12.6 Å². The molecule has 1 saturated heterocycles. The van der Waals surface area contributed by atoms with Crippen molar-refractivity contribution >= 4 is 11.6 Å². The first-order valence-electron chi connectivity index (χ1n) is 7.28. The fourth-order valence-electron chi connectivity index (χ4n) is 2.76. The summed E-state index contributed by atoms with van der Waals surface area (Å²) in [5.41, 5.74) is 1.07. The number of carbonyl (C=O) groups excluding carboxylic acids is 1. The molecule has 0 aromatic heterocycles. The highest BCUT2D eigenvalue weighted by Crippen LogP contribution is 2.16. The van der Waals surface area contributed by atoms with Gasteiger partial charge in [-0.25, -0.2) is 0 Å². The van der Waals surface area contributed by atoms with Gasteiger partial charge in [-0.3, -0.25) is 9.69 Å². The van der Waals surface area contributed by atoms with E-state index in [0.29, 0.717) is 23.8 Å². The summed E-state index contributed by atoms with van der Waals surface area (Å²) in [6.07, 6.45) is 2.43. The predicted octanol–water partition coefficient (Wildman–Crippen LogP) is 1.52. The fourth-order valence-corrected chi connectivity index (χ4v) is 2.76. The Kier molecular flexibility index (Phi) is 5.32. The van der Waals surface area contributed by atoms with Crippen molar-refractivity contribution in [3.63, 3.8) is 0 Å². The summed E-state index contributed by atoms with van der Waals surface area (Å²) in [5, 5.41) is 11.8. The number of nitrogens with one attached hydrogen (secondary N) is 1. The van der Waals surface area contributed by atoms with Crippen molar-refractivity contribution in [2.24, 2.45) is 0 Å². The van der Waals surface area contributed by atoms with Crippen molar-refractivity contribution in [2.75, 3.05) is 39.0 Å². The van der Waals surface area contributed by atoms with E-state index in [1.54, 1.807) is 18.2 Å². The van der Waals surface area contributed by atoms with Gasteiger partial charge in [0.15, 0.2) is 0 Å². The van der Waals surface area contributed by atoms with Gasteiger partial charge in [0.1, 0.15) is 6.07 Å². The number of carbonyl (C=O) groups is 1. The van der Waals surface area contributed by atoms with Gasteiger partial charge in [0.25, 0.3) is 0 Å². The van der Waals surface area contributed by atoms with Gasteiger partial charge in [-0.1, -0.05) is 12.1 Å². The average molecular weight is 286 g/mol. The highest BCUT2D eigenvalue weighted by atomic mass is 16.2. The Morgan fingerprint density at radius 3 is 2.95 bits per heavy atom. The number of likely N-dealkylation sites (N-methyl/N-ethyl adjacent to an activating group) is 2. The largest absolute Gasteiger partial charge is 0.324 e. The lowest BCUT2D eigenvalue weighted by atomic mass is 10.2. The summed E-state index contributed by atoms with van der Waals surface area (Å²) in [6, 6.07) is 9.67. The summed E-state index contributed by atoms with van der Waals surface area (Å²) >= 11 is 0. The second-order valence-corrected chi connectivity index (χ2v) is 5.68. The number of likely N-dealkylation sites (tertiary alicyclic amines) is 1. The van der Waals surface area contributed by atoms with E-state index in [4.69, 9.17) is 5.26 Å². The molecular formula is C16H22N4O. The zero-order valence-electron chi connectivity index (χ0n) is 12.7. The van der Waals surface area contributed by atoms with E-state index in [1.165, 1.54) is 12.8 Å². The molecule has 5 heteroatoms. The molecule has 1 fully saturated rings. The van der Waals surface area contributed by atoms with Crippen LogP contribution in [0.1, 0.15) is 18.4 Å². The number of nitriles is 1. The summed E-state index contributed by atoms with van der Waals surface area (Å²) in [5.74, 6) is -0.0825. The van der Waals surface area contributed by atoms with Crippen LogP contribution in [0.4, 0.5) is 5.69 Å². The molecule has 21 heavy (non-hydrogen) atoms. The van der Waals surface area contributed by atoms with Crippen molar-refractivity contribution < 1.29 is 4.79 Å². The summed E-state index contributed by atoms with van der Waals surface area (Å²) in [4.78, 5) is 16.5. The number of hydrogen-bond donors (Lipinski definition) is 1. The van der Waals surface area contributed by atoms with E-state index in [-0.39, 0.29) is 5.91 Å². The van der Waals surface area contributed by atoms with E-state index in [9.17, 15) is 4.79 Å². The van der Waals surface area contributed by atoms with Crippen molar-refractivity contribution in [3.8, 4) is 6.07 Å². The molecule has 0 radical (unpaired) electrons. The fraction of sp³-hybridized carbons (Fsp3) is 0.500. The smallest absolute Gasteiger partial charge is 0.238 e. The third kappa shape index (κ3) is 4.28. The second kappa shape index (κ2) is 7.21. The molecule has 0 spiro atoms. The highest BCUT2D eigenvalue weighted by Gasteiger charge is 2.22. The third-order valence-corrected chi connectivity index (χ3v) is 3.93. The summed E-state index contributed by atoms with van der Waals surface area (Å²) in [6.45, 7) is 2.37. The van der Waals surface area contributed by atoms with Gasteiger partial charge >= 0.3 is 0 Å². The van der Waals surface area contributed by atoms with Crippen LogP contribution in [0.25, 0.3) is 0 Å². The van der Waals surface area contributed by atoms with Crippen molar-refractivity contribution in [2.45, 2.75) is 18.9 Å². The molecule has 0 aliphatic carbocycles. The molecule has 1 heterocycles. The molecule has 1 aromatic rings. The first-order chi connectivity index (χ1) is 10.1. The number of amides is 1. The molecule has 1 aromatic carbocycles. The van der Waals surface area contributed by atoms with Crippen LogP contribution in [-0.2, 0) is 4.79 Å². The molecule has 1 aliphatic heterocycles. The van der Waals surface area contributed by atoms with Crippen LogP contribution in [0.5, 0.6) is 0 Å². The Balaban J connectivity index is 1.85. The van der Waals surface area contributed by atoms with Crippen molar-refractivity contribution in [3.05, 3.63) is 29.8 Å².